The van der Waals surface area contributed by atoms with Crippen molar-refractivity contribution in [3.8, 4) is 0 Å². The molecule has 0 unspecified atom stereocenters. The van der Waals surface area contributed by atoms with Crippen LogP contribution in [0.3, 0.4) is 0 Å². The number of carbonyl (C=O) groups excluding carboxylic acids is 1. The van der Waals surface area contributed by atoms with Gasteiger partial charge in [-0.05, 0) is 37.6 Å². The summed E-state index contributed by atoms with van der Waals surface area (Å²) in [6.45, 7) is 8.09. The van der Waals surface area contributed by atoms with Gasteiger partial charge in [0.15, 0.2) is 0 Å². The lowest BCUT2D eigenvalue weighted by Crippen LogP contribution is -2.30. The summed E-state index contributed by atoms with van der Waals surface area (Å²) in [7, 11) is -3.62. The number of sulfonamides is 1. The van der Waals surface area contributed by atoms with E-state index in [9.17, 15) is 13.2 Å². The molecule has 0 aliphatic carbocycles. The van der Waals surface area contributed by atoms with Gasteiger partial charge in [-0.3, -0.25) is 4.79 Å². The van der Waals surface area contributed by atoms with Crippen LogP contribution in [0.25, 0.3) is 0 Å². The Hall–Kier alpha value is -2.51. The zero-order valence-corrected chi connectivity index (χ0v) is 16.9. The average Bonchev–Trinajstić information content (AvgIpc) is 2.67. The minimum Gasteiger partial charge on any atom is -0.267 e. The molecule has 1 N–H and O–H groups in total. The Morgan fingerprint density at radius 3 is 2.26 bits per heavy atom. The molecule has 6 nitrogen and oxygen atoms in total. The van der Waals surface area contributed by atoms with Crippen molar-refractivity contribution < 1.29 is 13.2 Å². The number of nitrogens with one attached hydrogen (secondary N) is 1. The van der Waals surface area contributed by atoms with Crippen molar-refractivity contribution in [2.75, 3.05) is 13.1 Å². The summed E-state index contributed by atoms with van der Waals surface area (Å²) in [6, 6.07) is 13.8. The molecule has 2 aromatic carbocycles. The van der Waals surface area contributed by atoms with Gasteiger partial charge in [0.2, 0.25) is 10.0 Å². The number of amides is 1. The Bertz CT molecular complexity index is 931. The second kappa shape index (κ2) is 8.92. The van der Waals surface area contributed by atoms with E-state index in [1.165, 1.54) is 16.4 Å². The first-order chi connectivity index (χ1) is 12.8. The van der Waals surface area contributed by atoms with Crippen LogP contribution in [0.5, 0.6) is 0 Å². The number of hydrazone groups is 1. The monoisotopic (exact) mass is 387 g/mol. The molecule has 0 radical (unpaired) electrons. The van der Waals surface area contributed by atoms with Crippen molar-refractivity contribution in [2.45, 2.75) is 32.6 Å². The van der Waals surface area contributed by atoms with Crippen molar-refractivity contribution in [1.82, 2.24) is 9.73 Å². The minimum atomic E-state index is -3.62. The molecule has 0 spiro atoms. The summed E-state index contributed by atoms with van der Waals surface area (Å²) in [6.07, 6.45) is 0. The van der Waals surface area contributed by atoms with Crippen LogP contribution in [0.2, 0.25) is 0 Å². The van der Waals surface area contributed by atoms with Gasteiger partial charge in [-0.15, -0.1) is 0 Å². The van der Waals surface area contributed by atoms with Crippen molar-refractivity contribution in [3.63, 3.8) is 0 Å². The molecule has 0 aliphatic heterocycles. The van der Waals surface area contributed by atoms with Gasteiger partial charge in [0.1, 0.15) is 0 Å². The van der Waals surface area contributed by atoms with Crippen LogP contribution in [0.4, 0.5) is 0 Å². The van der Waals surface area contributed by atoms with E-state index < -0.39 is 15.9 Å². The molecule has 0 aromatic heterocycles. The van der Waals surface area contributed by atoms with E-state index in [0.29, 0.717) is 18.8 Å². The van der Waals surface area contributed by atoms with E-state index in [0.717, 1.165) is 11.1 Å². The lowest BCUT2D eigenvalue weighted by molar-refractivity contribution is 0.0954. The maximum atomic E-state index is 12.6. The third kappa shape index (κ3) is 5.02. The molecule has 2 aromatic rings. The molecule has 2 rings (SSSR count). The molecule has 0 atom stereocenters. The topological polar surface area (TPSA) is 78.8 Å². The van der Waals surface area contributed by atoms with Gasteiger partial charge in [-0.1, -0.05) is 49.7 Å². The van der Waals surface area contributed by atoms with E-state index in [4.69, 9.17) is 0 Å². The lowest BCUT2D eigenvalue weighted by atomic mass is 10.1. The van der Waals surface area contributed by atoms with Gasteiger partial charge in [0.05, 0.1) is 10.6 Å². The third-order valence-corrected chi connectivity index (χ3v) is 6.28. The lowest BCUT2D eigenvalue weighted by Gasteiger charge is -2.18. The normalized spacial score (nSPS) is 12.3. The zero-order valence-electron chi connectivity index (χ0n) is 16.1. The molecule has 0 saturated heterocycles. The largest absolute Gasteiger partial charge is 0.271 e. The van der Waals surface area contributed by atoms with E-state index in [1.807, 2.05) is 31.2 Å². The fourth-order valence-corrected chi connectivity index (χ4v) is 4.07. The second-order valence-electron chi connectivity index (χ2n) is 6.12. The predicted octanol–water partition coefficient (Wildman–Crippen LogP) is 3.18. The smallest absolute Gasteiger partial charge is 0.267 e. The van der Waals surface area contributed by atoms with Crippen LogP contribution in [-0.4, -0.2) is 37.4 Å². The number of carbonyl (C=O) groups is 1. The van der Waals surface area contributed by atoms with Crippen LogP contribution in [0, 0.1) is 6.92 Å². The van der Waals surface area contributed by atoms with Crippen molar-refractivity contribution in [1.29, 1.82) is 0 Å². The number of hydrogen-bond acceptors (Lipinski definition) is 4. The summed E-state index contributed by atoms with van der Waals surface area (Å²) in [5.41, 5.74) is 5.43. The molecule has 0 heterocycles. The molecule has 1 amide bonds. The Morgan fingerprint density at radius 1 is 1.04 bits per heavy atom. The van der Waals surface area contributed by atoms with Crippen LogP contribution in [0.15, 0.2) is 58.5 Å². The quantitative estimate of drug-likeness (QED) is 0.585. The summed E-state index contributed by atoms with van der Waals surface area (Å²) >= 11 is 0. The average molecular weight is 388 g/mol. The maximum absolute atomic E-state index is 12.6. The fraction of sp³-hybridized carbons (Fsp3) is 0.300. The molecule has 7 heteroatoms. The first-order valence-electron chi connectivity index (χ1n) is 8.81. The van der Waals surface area contributed by atoms with Crippen molar-refractivity contribution in [2.24, 2.45) is 5.10 Å². The third-order valence-electron chi connectivity index (χ3n) is 4.23. The van der Waals surface area contributed by atoms with E-state index in [1.54, 1.807) is 32.9 Å². The Kier molecular flexibility index (Phi) is 6.87. The van der Waals surface area contributed by atoms with Gasteiger partial charge in [-0.2, -0.15) is 9.41 Å². The van der Waals surface area contributed by atoms with Crippen molar-refractivity contribution >= 4 is 21.6 Å². The highest BCUT2D eigenvalue weighted by molar-refractivity contribution is 7.89. The predicted molar refractivity (Wildman–Crippen MR) is 107 cm³/mol. The highest BCUT2D eigenvalue weighted by Gasteiger charge is 2.22. The number of rotatable bonds is 7. The molecule has 0 saturated carbocycles. The first kappa shape index (κ1) is 20.8. The van der Waals surface area contributed by atoms with E-state index >= 15 is 0 Å². The highest BCUT2D eigenvalue weighted by atomic mass is 32.2. The zero-order chi connectivity index (χ0) is 20.0. The molecule has 27 heavy (non-hydrogen) atoms. The molecule has 0 bridgehead atoms. The highest BCUT2D eigenvalue weighted by Crippen LogP contribution is 2.17. The fourth-order valence-electron chi connectivity index (χ4n) is 2.57. The number of aryl methyl sites for hydroxylation is 1. The minimum absolute atomic E-state index is 0.0955. The molecule has 0 aliphatic rings. The summed E-state index contributed by atoms with van der Waals surface area (Å²) < 4.78 is 26.6. The molecular weight excluding hydrogens is 362 g/mol. The molecular formula is C20H25N3O3S. The van der Waals surface area contributed by atoms with Crippen LogP contribution >= 0.6 is 0 Å². The van der Waals surface area contributed by atoms with Gasteiger partial charge in [0.25, 0.3) is 5.91 Å². The Labute approximate surface area is 161 Å². The second-order valence-corrected chi connectivity index (χ2v) is 8.06. The SMILES string of the molecule is CCN(CC)S(=O)(=O)c1cccc(C(=O)N/N=C(/C)c2ccc(C)cc2)c1. The number of hydrogen-bond donors (Lipinski definition) is 1. The number of nitrogens with zero attached hydrogens (tertiary/aromatic N) is 2. The van der Waals surface area contributed by atoms with Gasteiger partial charge >= 0.3 is 0 Å². The van der Waals surface area contributed by atoms with Crippen LogP contribution < -0.4 is 5.43 Å². The van der Waals surface area contributed by atoms with Gasteiger partial charge in [-0.25, -0.2) is 13.8 Å². The molecule has 144 valence electrons. The summed E-state index contributed by atoms with van der Waals surface area (Å²) in [5.74, 6) is -0.460. The van der Waals surface area contributed by atoms with Crippen molar-refractivity contribution in [3.05, 3.63) is 65.2 Å². The number of benzene rings is 2. The molecule has 0 fully saturated rings. The summed E-state index contributed by atoms with van der Waals surface area (Å²) in [4.78, 5) is 12.5. The summed E-state index contributed by atoms with van der Waals surface area (Å²) in [5, 5.41) is 4.12. The Balaban J connectivity index is 2.20. The van der Waals surface area contributed by atoms with E-state index in [-0.39, 0.29) is 10.5 Å². The van der Waals surface area contributed by atoms with Crippen LogP contribution in [-0.2, 0) is 10.0 Å². The van der Waals surface area contributed by atoms with Gasteiger partial charge in [0, 0.05) is 18.7 Å². The standard InChI is InChI=1S/C20H25N3O3S/c1-5-23(6-2)27(25,26)19-9-7-8-18(14-19)20(24)22-21-16(4)17-12-10-15(3)11-13-17/h7-14H,5-6H2,1-4H3,(H,22,24)/b21-16-. The van der Waals surface area contributed by atoms with Crippen LogP contribution in [0.1, 0.15) is 42.3 Å². The van der Waals surface area contributed by atoms with E-state index in [2.05, 4.69) is 10.5 Å². The Morgan fingerprint density at radius 2 is 1.67 bits per heavy atom. The van der Waals surface area contributed by atoms with Gasteiger partial charge < -0.3 is 0 Å². The maximum Gasteiger partial charge on any atom is 0.271 e. The first-order valence-corrected chi connectivity index (χ1v) is 10.3.